The number of carbonyl (C=O) groups is 2. The van der Waals surface area contributed by atoms with Gasteiger partial charge >= 0.3 is 0 Å². The van der Waals surface area contributed by atoms with E-state index in [4.69, 9.17) is 23.2 Å². The number of halogens is 2. The number of hydrogen-bond acceptors (Lipinski definition) is 4. The predicted molar refractivity (Wildman–Crippen MR) is 116 cm³/mol. The van der Waals surface area contributed by atoms with Gasteiger partial charge in [0.2, 0.25) is 21.8 Å². The van der Waals surface area contributed by atoms with Crippen molar-refractivity contribution >= 4 is 45.0 Å². The van der Waals surface area contributed by atoms with Crippen molar-refractivity contribution in [1.29, 1.82) is 0 Å². The molecule has 0 radical (unpaired) electrons. The second kappa shape index (κ2) is 9.42. The Morgan fingerprint density at radius 3 is 2.17 bits per heavy atom. The highest BCUT2D eigenvalue weighted by Crippen LogP contribution is 2.32. The largest absolute Gasteiger partial charge is 0.342 e. The molecular formula is C20H27Cl2N3O4S. The molecule has 0 spiro atoms. The van der Waals surface area contributed by atoms with E-state index in [2.05, 4.69) is 0 Å². The lowest BCUT2D eigenvalue weighted by molar-refractivity contribution is -0.143. The number of benzene rings is 1. The number of piperidine rings is 1. The average Bonchev–Trinajstić information content (AvgIpc) is 2.72. The van der Waals surface area contributed by atoms with Gasteiger partial charge in [0.15, 0.2) is 0 Å². The predicted octanol–water partition coefficient (Wildman–Crippen LogP) is 2.72. The molecule has 2 fully saturated rings. The first kappa shape index (κ1) is 23.3. The van der Waals surface area contributed by atoms with Gasteiger partial charge in [0.05, 0.1) is 16.0 Å². The molecule has 2 amide bonds. The fourth-order valence-corrected chi connectivity index (χ4v) is 6.52. The van der Waals surface area contributed by atoms with Gasteiger partial charge in [0, 0.05) is 45.2 Å². The van der Waals surface area contributed by atoms with E-state index in [9.17, 15) is 18.0 Å². The van der Waals surface area contributed by atoms with Crippen molar-refractivity contribution in [2.75, 3.05) is 39.3 Å². The molecule has 1 aromatic rings. The minimum Gasteiger partial charge on any atom is -0.342 e. The van der Waals surface area contributed by atoms with Crippen LogP contribution in [-0.2, 0) is 19.6 Å². The summed E-state index contributed by atoms with van der Waals surface area (Å²) in [6.07, 6.45) is 1.54. The van der Waals surface area contributed by atoms with Crippen LogP contribution in [0.4, 0.5) is 0 Å². The van der Waals surface area contributed by atoms with Crippen LogP contribution in [-0.4, -0.2) is 73.6 Å². The first-order valence-electron chi connectivity index (χ1n) is 10.1. The van der Waals surface area contributed by atoms with E-state index in [1.807, 2.05) is 13.8 Å². The first-order valence-corrected chi connectivity index (χ1v) is 12.3. The van der Waals surface area contributed by atoms with Crippen LogP contribution >= 0.6 is 23.2 Å². The molecule has 0 aromatic heterocycles. The summed E-state index contributed by atoms with van der Waals surface area (Å²) in [5, 5.41) is 0.163. The van der Waals surface area contributed by atoms with Crippen LogP contribution in [0, 0.1) is 11.8 Å². The Morgan fingerprint density at radius 1 is 1.00 bits per heavy atom. The number of amides is 2. The van der Waals surface area contributed by atoms with E-state index in [-0.39, 0.29) is 51.7 Å². The van der Waals surface area contributed by atoms with E-state index < -0.39 is 10.0 Å². The van der Waals surface area contributed by atoms with Gasteiger partial charge in [-0.3, -0.25) is 9.59 Å². The molecule has 0 aliphatic carbocycles. The lowest BCUT2D eigenvalue weighted by Crippen LogP contribution is -2.54. The van der Waals surface area contributed by atoms with Crippen molar-refractivity contribution in [3.8, 4) is 0 Å². The topological polar surface area (TPSA) is 78.0 Å². The Hall–Kier alpha value is -1.35. The first-order chi connectivity index (χ1) is 14.1. The highest BCUT2D eigenvalue weighted by atomic mass is 35.5. The monoisotopic (exact) mass is 475 g/mol. The van der Waals surface area contributed by atoms with Crippen LogP contribution in [0.25, 0.3) is 0 Å². The molecule has 3 rings (SSSR count). The quantitative estimate of drug-likeness (QED) is 0.670. The number of likely N-dealkylation sites (tertiary alicyclic amines) is 1. The van der Waals surface area contributed by atoms with Gasteiger partial charge in [0.1, 0.15) is 4.90 Å². The average molecular weight is 476 g/mol. The van der Waals surface area contributed by atoms with E-state index >= 15 is 0 Å². The van der Waals surface area contributed by atoms with E-state index in [0.717, 1.165) is 12.8 Å². The molecule has 7 nitrogen and oxygen atoms in total. The van der Waals surface area contributed by atoms with Gasteiger partial charge in [-0.05, 0) is 25.0 Å². The van der Waals surface area contributed by atoms with Crippen LogP contribution in [0.1, 0.15) is 26.7 Å². The van der Waals surface area contributed by atoms with Crippen molar-refractivity contribution in [2.45, 2.75) is 31.6 Å². The molecule has 2 heterocycles. The molecule has 10 heteroatoms. The summed E-state index contributed by atoms with van der Waals surface area (Å²) in [7, 11) is -3.85. The zero-order valence-corrected chi connectivity index (χ0v) is 19.5. The molecule has 2 aliphatic rings. The number of hydrogen-bond donors (Lipinski definition) is 0. The minimum absolute atomic E-state index is 0.0101. The van der Waals surface area contributed by atoms with Gasteiger partial charge in [-0.2, -0.15) is 4.31 Å². The second-order valence-corrected chi connectivity index (χ2v) is 10.7. The minimum atomic E-state index is -3.85. The highest BCUT2D eigenvalue weighted by Gasteiger charge is 2.36. The third-order valence-electron chi connectivity index (χ3n) is 5.64. The van der Waals surface area contributed by atoms with Crippen LogP contribution in [0.2, 0.25) is 10.0 Å². The van der Waals surface area contributed by atoms with Crippen LogP contribution in [0.3, 0.4) is 0 Å². The maximum atomic E-state index is 13.0. The van der Waals surface area contributed by atoms with Crippen molar-refractivity contribution in [3.63, 3.8) is 0 Å². The van der Waals surface area contributed by atoms with Gasteiger partial charge in [0.25, 0.3) is 0 Å². The Labute approximate surface area is 187 Å². The van der Waals surface area contributed by atoms with E-state index in [0.29, 0.717) is 26.2 Å². The Kier molecular flexibility index (Phi) is 7.32. The van der Waals surface area contributed by atoms with Crippen LogP contribution < -0.4 is 0 Å². The Balaban J connectivity index is 1.64. The third-order valence-corrected chi connectivity index (χ3v) is 8.50. The number of nitrogens with zero attached hydrogens (tertiary/aromatic N) is 3. The standard InChI is InChI=1S/C20H27Cl2N3O4S/c1-14(2)19(26)24-8-4-5-15(13-24)20(27)23-9-11-25(12-10-23)30(28,29)18-16(21)6-3-7-17(18)22/h3,6-7,14-15H,4-5,8-13H2,1-2H3. The van der Waals surface area contributed by atoms with Gasteiger partial charge < -0.3 is 9.80 Å². The summed E-state index contributed by atoms with van der Waals surface area (Å²) < 4.78 is 27.3. The van der Waals surface area contributed by atoms with Gasteiger partial charge in [-0.25, -0.2) is 8.42 Å². The Bertz CT molecular complexity index is 894. The Morgan fingerprint density at radius 2 is 1.60 bits per heavy atom. The fraction of sp³-hybridized carbons (Fsp3) is 0.600. The second-order valence-electron chi connectivity index (χ2n) is 8.06. The summed E-state index contributed by atoms with van der Waals surface area (Å²) in [6, 6.07) is 4.58. The number of piperazine rings is 1. The molecule has 2 aliphatic heterocycles. The zero-order valence-electron chi connectivity index (χ0n) is 17.2. The zero-order chi connectivity index (χ0) is 22.1. The van der Waals surface area contributed by atoms with E-state index in [1.165, 1.54) is 16.4 Å². The molecule has 0 bridgehead atoms. The summed E-state index contributed by atoms with van der Waals surface area (Å²) in [5.74, 6) is -0.268. The number of sulfonamides is 1. The molecule has 1 atom stereocenters. The molecular weight excluding hydrogens is 449 g/mol. The normalized spacial score (nSPS) is 21.2. The fourth-order valence-electron chi connectivity index (χ4n) is 4.01. The van der Waals surface area contributed by atoms with Gasteiger partial charge in [-0.1, -0.05) is 43.1 Å². The summed E-state index contributed by atoms with van der Waals surface area (Å²) in [6.45, 7) is 5.80. The summed E-state index contributed by atoms with van der Waals surface area (Å²) >= 11 is 12.2. The van der Waals surface area contributed by atoms with E-state index in [1.54, 1.807) is 15.9 Å². The lowest BCUT2D eigenvalue weighted by atomic mass is 9.95. The SMILES string of the molecule is CC(C)C(=O)N1CCCC(C(=O)N2CCN(S(=O)(=O)c3c(Cl)cccc3Cl)CC2)C1. The molecule has 0 N–H and O–H groups in total. The number of rotatable bonds is 4. The van der Waals surface area contributed by atoms with Crippen molar-refractivity contribution in [2.24, 2.45) is 11.8 Å². The summed E-state index contributed by atoms with van der Waals surface area (Å²) in [4.78, 5) is 28.7. The highest BCUT2D eigenvalue weighted by molar-refractivity contribution is 7.89. The number of carbonyl (C=O) groups excluding carboxylic acids is 2. The maximum Gasteiger partial charge on any atom is 0.246 e. The van der Waals surface area contributed by atoms with Crippen molar-refractivity contribution in [1.82, 2.24) is 14.1 Å². The maximum absolute atomic E-state index is 13.0. The van der Waals surface area contributed by atoms with Crippen LogP contribution in [0.15, 0.2) is 23.1 Å². The molecule has 166 valence electrons. The molecule has 1 unspecified atom stereocenters. The van der Waals surface area contributed by atoms with Crippen molar-refractivity contribution in [3.05, 3.63) is 28.2 Å². The molecule has 2 saturated heterocycles. The smallest absolute Gasteiger partial charge is 0.246 e. The van der Waals surface area contributed by atoms with Crippen molar-refractivity contribution < 1.29 is 18.0 Å². The molecule has 0 saturated carbocycles. The van der Waals surface area contributed by atoms with Gasteiger partial charge in [-0.15, -0.1) is 0 Å². The third kappa shape index (κ3) is 4.77. The lowest BCUT2D eigenvalue weighted by Gasteiger charge is -2.39. The summed E-state index contributed by atoms with van der Waals surface area (Å²) in [5.41, 5.74) is 0. The van der Waals surface area contributed by atoms with Crippen LogP contribution in [0.5, 0.6) is 0 Å². The molecule has 1 aromatic carbocycles. The molecule has 30 heavy (non-hydrogen) atoms.